The van der Waals surface area contributed by atoms with Crippen LogP contribution in [-0.2, 0) is 0 Å². The standard InChI is InChI=1S/C16H20N2O2/c1-2-11-7-9-12(10-8-11)15-17-16(20-18-15)13-5-3-4-6-14(13)19/h3-6,11-12,19H,2,7-10H2,1H3. The van der Waals surface area contributed by atoms with Crippen LogP contribution in [0.25, 0.3) is 11.5 Å². The highest BCUT2D eigenvalue weighted by molar-refractivity contribution is 5.61. The molecule has 0 radical (unpaired) electrons. The molecular weight excluding hydrogens is 252 g/mol. The molecule has 4 nitrogen and oxygen atoms in total. The van der Waals surface area contributed by atoms with Crippen LogP contribution in [0.4, 0.5) is 0 Å². The first kappa shape index (κ1) is 13.2. The van der Waals surface area contributed by atoms with Crippen LogP contribution in [0.3, 0.4) is 0 Å². The predicted octanol–water partition coefficient (Wildman–Crippen LogP) is 4.13. The monoisotopic (exact) mass is 272 g/mol. The van der Waals surface area contributed by atoms with Crippen molar-refractivity contribution in [3.8, 4) is 17.2 Å². The summed E-state index contributed by atoms with van der Waals surface area (Å²) in [5.74, 6) is 2.64. The Bertz CT molecular complexity index is 571. The Balaban J connectivity index is 1.76. The number of para-hydroxylation sites is 1. The lowest BCUT2D eigenvalue weighted by Crippen LogP contribution is -2.13. The van der Waals surface area contributed by atoms with Gasteiger partial charge in [-0.05, 0) is 43.7 Å². The normalized spacial score (nSPS) is 22.9. The van der Waals surface area contributed by atoms with Gasteiger partial charge in [-0.2, -0.15) is 4.98 Å². The van der Waals surface area contributed by atoms with Crippen molar-refractivity contribution in [1.82, 2.24) is 10.1 Å². The molecule has 20 heavy (non-hydrogen) atoms. The first-order chi connectivity index (χ1) is 9.78. The van der Waals surface area contributed by atoms with Crippen LogP contribution < -0.4 is 0 Å². The lowest BCUT2D eigenvalue weighted by Gasteiger charge is -2.25. The summed E-state index contributed by atoms with van der Waals surface area (Å²) in [5.41, 5.74) is 0.605. The zero-order valence-electron chi connectivity index (χ0n) is 11.7. The molecule has 0 spiro atoms. The van der Waals surface area contributed by atoms with Gasteiger partial charge in [-0.25, -0.2) is 0 Å². The van der Waals surface area contributed by atoms with Crippen LogP contribution in [0.15, 0.2) is 28.8 Å². The fourth-order valence-corrected chi connectivity index (χ4v) is 2.99. The van der Waals surface area contributed by atoms with E-state index in [4.69, 9.17) is 4.52 Å². The molecule has 1 aliphatic rings. The smallest absolute Gasteiger partial charge is 0.261 e. The molecule has 1 aliphatic carbocycles. The van der Waals surface area contributed by atoms with Crippen molar-refractivity contribution in [2.75, 3.05) is 0 Å². The van der Waals surface area contributed by atoms with Crippen molar-refractivity contribution in [2.45, 2.75) is 44.9 Å². The van der Waals surface area contributed by atoms with E-state index in [0.717, 1.165) is 24.6 Å². The molecule has 0 bridgehead atoms. The van der Waals surface area contributed by atoms with Crippen molar-refractivity contribution in [3.05, 3.63) is 30.1 Å². The maximum atomic E-state index is 9.82. The second kappa shape index (κ2) is 5.65. The Labute approximate surface area is 118 Å². The third kappa shape index (κ3) is 2.55. The molecule has 2 aromatic rings. The zero-order chi connectivity index (χ0) is 13.9. The molecule has 0 amide bonds. The van der Waals surface area contributed by atoms with Gasteiger partial charge >= 0.3 is 0 Å². The maximum Gasteiger partial charge on any atom is 0.261 e. The summed E-state index contributed by atoms with van der Waals surface area (Å²) < 4.78 is 5.32. The summed E-state index contributed by atoms with van der Waals surface area (Å²) >= 11 is 0. The van der Waals surface area contributed by atoms with E-state index in [0.29, 0.717) is 17.4 Å². The lowest BCUT2D eigenvalue weighted by molar-refractivity contribution is 0.305. The summed E-state index contributed by atoms with van der Waals surface area (Å²) in [6, 6.07) is 7.06. The van der Waals surface area contributed by atoms with Crippen molar-refractivity contribution in [2.24, 2.45) is 5.92 Å². The predicted molar refractivity (Wildman–Crippen MR) is 76.4 cm³/mol. The average Bonchev–Trinajstić information content (AvgIpc) is 2.97. The van der Waals surface area contributed by atoms with Crippen molar-refractivity contribution >= 4 is 0 Å². The number of hydrogen-bond donors (Lipinski definition) is 1. The second-order valence-corrected chi connectivity index (χ2v) is 5.60. The van der Waals surface area contributed by atoms with Crippen molar-refractivity contribution in [1.29, 1.82) is 0 Å². The largest absolute Gasteiger partial charge is 0.507 e. The van der Waals surface area contributed by atoms with Crippen LogP contribution in [0.5, 0.6) is 5.75 Å². The summed E-state index contributed by atoms with van der Waals surface area (Å²) in [4.78, 5) is 4.48. The molecule has 4 heteroatoms. The van der Waals surface area contributed by atoms with E-state index >= 15 is 0 Å². The highest BCUT2D eigenvalue weighted by Crippen LogP contribution is 2.37. The van der Waals surface area contributed by atoms with Gasteiger partial charge in [0, 0.05) is 5.92 Å². The minimum atomic E-state index is 0.178. The minimum absolute atomic E-state index is 0.178. The van der Waals surface area contributed by atoms with E-state index in [1.54, 1.807) is 18.2 Å². The van der Waals surface area contributed by atoms with Crippen LogP contribution in [-0.4, -0.2) is 15.2 Å². The summed E-state index contributed by atoms with van der Waals surface area (Å²) in [5, 5.41) is 13.9. The first-order valence-corrected chi connectivity index (χ1v) is 7.40. The van der Waals surface area contributed by atoms with E-state index in [2.05, 4.69) is 17.1 Å². The second-order valence-electron chi connectivity index (χ2n) is 5.60. The molecule has 1 aromatic carbocycles. The molecule has 3 rings (SSSR count). The number of rotatable bonds is 3. The van der Waals surface area contributed by atoms with Crippen molar-refractivity contribution in [3.63, 3.8) is 0 Å². The van der Waals surface area contributed by atoms with Gasteiger partial charge in [-0.15, -0.1) is 0 Å². The third-order valence-corrected chi connectivity index (χ3v) is 4.37. The number of nitrogens with zero attached hydrogens (tertiary/aromatic N) is 2. The SMILES string of the molecule is CCC1CCC(c2noc(-c3ccccc3O)n2)CC1. The van der Waals surface area contributed by atoms with Gasteiger partial charge in [0.05, 0.1) is 5.56 Å². The highest BCUT2D eigenvalue weighted by atomic mass is 16.5. The molecule has 1 fully saturated rings. The number of aromatic hydroxyl groups is 1. The van der Waals surface area contributed by atoms with Gasteiger partial charge in [0.1, 0.15) is 5.75 Å². The number of phenolic OH excluding ortho intramolecular Hbond substituents is 1. The first-order valence-electron chi connectivity index (χ1n) is 7.40. The van der Waals surface area contributed by atoms with Crippen LogP contribution >= 0.6 is 0 Å². The molecule has 1 heterocycles. The molecule has 1 aromatic heterocycles. The molecule has 106 valence electrons. The summed E-state index contributed by atoms with van der Waals surface area (Å²) in [7, 11) is 0. The summed E-state index contributed by atoms with van der Waals surface area (Å²) in [6.07, 6.45) is 6.04. The number of aromatic nitrogens is 2. The van der Waals surface area contributed by atoms with Gasteiger partial charge < -0.3 is 9.63 Å². The van der Waals surface area contributed by atoms with Crippen LogP contribution in [0, 0.1) is 5.92 Å². The van der Waals surface area contributed by atoms with Gasteiger partial charge in [0.25, 0.3) is 5.89 Å². The van der Waals surface area contributed by atoms with Crippen LogP contribution in [0.2, 0.25) is 0 Å². The van der Waals surface area contributed by atoms with Gasteiger partial charge in [-0.3, -0.25) is 0 Å². The number of benzene rings is 1. The van der Waals surface area contributed by atoms with Crippen LogP contribution in [0.1, 0.15) is 50.8 Å². The highest BCUT2D eigenvalue weighted by Gasteiger charge is 2.25. The van der Waals surface area contributed by atoms with Gasteiger partial charge in [0.2, 0.25) is 0 Å². The number of hydrogen-bond acceptors (Lipinski definition) is 4. The minimum Gasteiger partial charge on any atom is -0.507 e. The van der Waals surface area contributed by atoms with E-state index in [1.165, 1.54) is 19.3 Å². The molecule has 0 saturated heterocycles. The Morgan fingerprint density at radius 3 is 2.65 bits per heavy atom. The Morgan fingerprint density at radius 2 is 1.95 bits per heavy atom. The molecular formula is C16H20N2O2. The molecule has 1 saturated carbocycles. The van der Waals surface area contributed by atoms with Gasteiger partial charge in [0.15, 0.2) is 5.82 Å². The molecule has 0 aliphatic heterocycles. The third-order valence-electron chi connectivity index (χ3n) is 4.37. The van der Waals surface area contributed by atoms with Gasteiger partial charge in [-0.1, -0.05) is 30.6 Å². The maximum absolute atomic E-state index is 9.82. The van der Waals surface area contributed by atoms with Crippen molar-refractivity contribution < 1.29 is 9.63 Å². The van der Waals surface area contributed by atoms with E-state index in [-0.39, 0.29) is 5.75 Å². The Kier molecular flexibility index (Phi) is 3.72. The quantitative estimate of drug-likeness (QED) is 0.912. The van der Waals surface area contributed by atoms with E-state index in [1.807, 2.05) is 6.07 Å². The zero-order valence-corrected chi connectivity index (χ0v) is 11.7. The average molecular weight is 272 g/mol. The molecule has 0 atom stereocenters. The summed E-state index contributed by atoms with van der Waals surface area (Å²) in [6.45, 7) is 2.26. The topological polar surface area (TPSA) is 59.2 Å². The lowest BCUT2D eigenvalue weighted by atomic mass is 9.80. The van der Waals surface area contributed by atoms with E-state index < -0.39 is 0 Å². The fourth-order valence-electron chi connectivity index (χ4n) is 2.99. The Morgan fingerprint density at radius 1 is 1.20 bits per heavy atom. The number of phenols is 1. The molecule has 1 N–H and O–H groups in total. The Hall–Kier alpha value is -1.84. The fraction of sp³-hybridized carbons (Fsp3) is 0.500. The molecule has 0 unspecified atom stereocenters. The van der Waals surface area contributed by atoms with E-state index in [9.17, 15) is 5.11 Å².